The van der Waals surface area contributed by atoms with Gasteiger partial charge in [0.15, 0.2) is 0 Å². The third-order valence-corrected chi connectivity index (χ3v) is 5.68. The molecule has 0 saturated carbocycles. The van der Waals surface area contributed by atoms with Gasteiger partial charge in [0, 0.05) is 5.25 Å². The first-order valence-corrected chi connectivity index (χ1v) is 7.32. The Balaban J connectivity index is 3.38. The molecule has 10 heavy (non-hydrogen) atoms. The Bertz CT molecular complexity index is 102. The van der Waals surface area contributed by atoms with Crippen molar-refractivity contribution in [3.05, 3.63) is 25.3 Å². The van der Waals surface area contributed by atoms with Crippen LogP contribution in [0.25, 0.3) is 0 Å². The summed E-state index contributed by atoms with van der Waals surface area (Å²) in [6, 6.07) is 0. The van der Waals surface area contributed by atoms with Gasteiger partial charge < -0.3 is 0 Å². The summed E-state index contributed by atoms with van der Waals surface area (Å²) < 4.78 is 0. The molecule has 0 aliphatic carbocycles. The molecular weight excluding hydrogens is 200 g/mol. The Hall–Kier alpha value is 0.880. The van der Waals surface area contributed by atoms with Gasteiger partial charge in [0.25, 0.3) is 0 Å². The molecule has 0 N–H and O–H groups in total. The van der Waals surface area contributed by atoms with E-state index >= 15 is 0 Å². The molecule has 0 rings (SSSR count). The lowest BCUT2D eigenvalue weighted by atomic mass is 10.3. The molecule has 1 unspecified atom stereocenters. The summed E-state index contributed by atoms with van der Waals surface area (Å²) in [5.41, 5.74) is 0. The molecule has 0 spiro atoms. The first-order chi connectivity index (χ1) is 4.85. The predicted octanol–water partition coefficient (Wildman–Crippen LogP) is 3.99. The monoisotopic (exact) mass is 210 g/mol. The predicted molar refractivity (Wildman–Crippen MR) is 60.6 cm³/mol. The Labute approximate surface area is 78.9 Å². The highest BCUT2D eigenvalue weighted by molar-refractivity contribution is 9.24. The highest BCUT2D eigenvalue weighted by Gasteiger charge is 2.01. The van der Waals surface area contributed by atoms with E-state index in [0.717, 1.165) is 6.42 Å². The van der Waals surface area contributed by atoms with E-state index in [1.54, 1.807) is 20.6 Å². The highest BCUT2D eigenvalue weighted by Crippen LogP contribution is 2.40. The number of hydrogen-bond acceptors (Lipinski definition) is 4. The summed E-state index contributed by atoms with van der Waals surface area (Å²) in [4.78, 5) is 0. The first-order valence-electron chi connectivity index (χ1n) is 2.72. The zero-order chi connectivity index (χ0) is 7.82. The molecule has 0 heterocycles. The van der Waals surface area contributed by atoms with E-state index < -0.39 is 0 Å². The molecule has 58 valence electrons. The molecule has 0 amide bonds. The zero-order valence-corrected chi connectivity index (χ0v) is 8.87. The molecule has 1 atom stereocenters. The number of rotatable bonds is 6. The van der Waals surface area contributed by atoms with Crippen LogP contribution in [0.3, 0.4) is 0 Å². The van der Waals surface area contributed by atoms with Crippen molar-refractivity contribution in [2.75, 3.05) is 0 Å². The van der Waals surface area contributed by atoms with Crippen LogP contribution in [-0.4, -0.2) is 5.25 Å². The van der Waals surface area contributed by atoms with Crippen LogP contribution in [0.15, 0.2) is 25.3 Å². The zero-order valence-electron chi connectivity index (χ0n) is 5.53. The summed E-state index contributed by atoms with van der Waals surface area (Å²) in [6.07, 6.45) is 4.82. The lowest BCUT2D eigenvalue weighted by Crippen LogP contribution is -1.90. The lowest BCUT2D eigenvalue weighted by Gasteiger charge is -2.05. The summed E-state index contributed by atoms with van der Waals surface area (Å²) >= 11 is 4.00. The van der Waals surface area contributed by atoms with Crippen molar-refractivity contribution in [2.45, 2.75) is 11.7 Å². The highest BCUT2D eigenvalue weighted by atomic mass is 33.7. The van der Waals surface area contributed by atoms with Crippen LogP contribution in [0.5, 0.6) is 0 Å². The fraction of sp³-hybridized carbons (Fsp3) is 0.333. The SMILES string of the molecule is C=CCC(C=C)SSSS. The Morgan fingerprint density at radius 1 is 1.50 bits per heavy atom. The van der Waals surface area contributed by atoms with E-state index in [4.69, 9.17) is 0 Å². The van der Waals surface area contributed by atoms with Crippen molar-refractivity contribution in [3.63, 3.8) is 0 Å². The molecule has 4 heteroatoms. The van der Waals surface area contributed by atoms with Crippen molar-refractivity contribution in [3.8, 4) is 0 Å². The fourth-order valence-corrected chi connectivity index (χ4v) is 3.89. The second-order valence-electron chi connectivity index (χ2n) is 1.54. The maximum Gasteiger partial charge on any atom is 0.0371 e. The van der Waals surface area contributed by atoms with Gasteiger partial charge >= 0.3 is 0 Å². The van der Waals surface area contributed by atoms with Gasteiger partial charge in [0.1, 0.15) is 0 Å². The molecular formula is C6H10S4. The van der Waals surface area contributed by atoms with Gasteiger partial charge in [-0.15, -0.1) is 13.2 Å². The van der Waals surface area contributed by atoms with E-state index in [9.17, 15) is 0 Å². The van der Waals surface area contributed by atoms with Crippen LogP contribution in [-0.2, 0) is 0 Å². The first kappa shape index (κ1) is 10.9. The molecule has 0 aromatic rings. The van der Waals surface area contributed by atoms with Crippen LogP contribution < -0.4 is 0 Å². The van der Waals surface area contributed by atoms with E-state index in [1.807, 2.05) is 12.2 Å². The van der Waals surface area contributed by atoms with Crippen molar-refractivity contribution in [1.82, 2.24) is 0 Å². The normalized spacial score (nSPS) is 12.5. The number of hydrogen-bond donors (Lipinski definition) is 1. The topological polar surface area (TPSA) is 0 Å². The van der Waals surface area contributed by atoms with Crippen molar-refractivity contribution < 1.29 is 0 Å². The molecule has 0 bridgehead atoms. The summed E-state index contributed by atoms with van der Waals surface area (Å²) in [5.74, 6) is 0. The minimum atomic E-state index is 0.474. The summed E-state index contributed by atoms with van der Waals surface area (Å²) in [5, 5.41) is 0.474. The Morgan fingerprint density at radius 3 is 2.60 bits per heavy atom. The van der Waals surface area contributed by atoms with Gasteiger partial charge in [0.2, 0.25) is 0 Å². The standard InChI is InChI=1S/C6H10S4/c1-3-5-6(4-2)8-10-9-7/h3-4,6-7H,1-2,5H2. The quantitative estimate of drug-likeness (QED) is 0.400. The average molecular weight is 210 g/mol. The fourth-order valence-electron chi connectivity index (χ4n) is 0.407. The molecule has 0 aromatic heterocycles. The third kappa shape index (κ3) is 5.65. The van der Waals surface area contributed by atoms with E-state index in [2.05, 4.69) is 24.8 Å². The van der Waals surface area contributed by atoms with Gasteiger partial charge in [0.05, 0.1) is 0 Å². The van der Waals surface area contributed by atoms with Crippen LogP contribution in [0.4, 0.5) is 0 Å². The largest absolute Gasteiger partial charge is 0.103 e. The van der Waals surface area contributed by atoms with Crippen molar-refractivity contribution >= 4 is 42.1 Å². The smallest absolute Gasteiger partial charge is 0.0371 e. The summed E-state index contributed by atoms with van der Waals surface area (Å²) in [7, 11) is 4.88. The molecule has 0 nitrogen and oxygen atoms in total. The second-order valence-corrected chi connectivity index (χ2v) is 6.62. The molecule has 0 fully saturated rings. The Morgan fingerprint density at radius 2 is 2.20 bits per heavy atom. The number of thiol groups is 1. The minimum Gasteiger partial charge on any atom is -0.103 e. The van der Waals surface area contributed by atoms with E-state index in [1.165, 1.54) is 9.83 Å². The second kappa shape index (κ2) is 7.98. The average Bonchev–Trinajstić information content (AvgIpc) is 1.98. The van der Waals surface area contributed by atoms with Gasteiger partial charge in [-0.25, -0.2) is 0 Å². The van der Waals surface area contributed by atoms with Crippen molar-refractivity contribution in [1.29, 1.82) is 0 Å². The lowest BCUT2D eigenvalue weighted by molar-refractivity contribution is 1.09. The third-order valence-electron chi connectivity index (χ3n) is 0.855. The van der Waals surface area contributed by atoms with Crippen molar-refractivity contribution in [2.24, 2.45) is 0 Å². The summed E-state index contributed by atoms with van der Waals surface area (Å²) in [6.45, 7) is 7.38. The van der Waals surface area contributed by atoms with Crippen LogP contribution >= 0.6 is 42.1 Å². The maximum atomic E-state index is 4.00. The molecule has 0 aromatic carbocycles. The van der Waals surface area contributed by atoms with Gasteiger partial charge in [-0.2, -0.15) is 0 Å². The minimum absolute atomic E-state index is 0.474. The van der Waals surface area contributed by atoms with Gasteiger partial charge in [-0.1, -0.05) is 34.6 Å². The van der Waals surface area contributed by atoms with Gasteiger partial charge in [-0.3, -0.25) is 0 Å². The van der Waals surface area contributed by atoms with E-state index in [-0.39, 0.29) is 0 Å². The molecule has 0 saturated heterocycles. The molecule has 0 aliphatic heterocycles. The van der Waals surface area contributed by atoms with Crippen LogP contribution in [0, 0.1) is 0 Å². The Kier molecular flexibility index (Phi) is 8.68. The van der Waals surface area contributed by atoms with Crippen LogP contribution in [0.1, 0.15) is 6.42 Å². The van der Waals surface area contributed by atoms with Gasteiger partial charge in [-0.05, 0) is 26.1 Å². The molecule has 0 aliphatic rings. The van der Waals surface area contributed by atoms with Crippen LogP contribution in [0.2, 0.25) is 0 Å². The number of allylic oxidation sites excluding steroid dienone is 1. The molecule has 0 radical (unpaired) electrons. The van der Waals surface area contributed by atoms with E-state index in [0.29, 0.717) is 5.25 Å². The maximum absolute atomic E-state index is 4.00.